The molecule has 94 valence electrons. The molecule has 1 aromatic carbocycles. The van der Waals surface area contributed by atoms with Gasteiger partial charge in [0.05, 0.1) is 15.5 Å². The number of nitro groups is 1. The largest absolute Gasteiger partial charge is 0.478 e. The summed E-state index contributed by atoms with van der Waals surface area (Å²) in [5, 5.41) is 18.6. The number of carbonyl (C=O) groups is 1. The second kappa shape index (κ2) is 6.97. The molecule has 0 unspecified atom stereocenters. The van der Waals surface area contributed by atoms with Crippen molar-refractivity contribution in [3.8, 4) is 0 Å². The van der Waals surface area contributed by atoms with Gasteiger partial charge >= 0.3 is 5.97 Å². The average Bonchev–Trinajstić information content (AvgIpc) is 2.15. The van der Waals surface area contributed by atoms with Crippen molar-refractivity contribution < 1.29 is 19.0 Å². The number of aromatic carboxylic acids is 1. The van der Waals surface area contributed by atoms with Crippen molar-refractivity contribution in [3.63, 3.8) is 0 Å². The number of rotatable bonds is 2. The summed E-state index contributed by atoms with van der Waals surface area (Å²) in [6.07, 6.45) is 3.28. The van der Waals surface area contributed by atoms with Gasteiger partial charge in [0.25, 0.3) is 5.69 Å². The van der Waals surface area contributed by atoms with Gasteiger partial charge in [-0.2, -0.15) is 0 Å². The van der Waals surface area contributed by atoms with Gasteiger partial charge < -0.3 is 5.11 Å². The molecule has 0 heterocycles. The molecule has 0 saturated carbocycles. The lowest BCUT2D eigenvalue weighted by atomic mass is 10.2. The van der Waals surface area contributed by atoms with Crippen LogP contribution in [0.25, 0.3) is 0 Å². The third kappa shape index (κ3) is 5.98. The first kappa shape index (κ1) is 15.5. The van der Waals surface area contributed by atoms with Crippen LogP contribution in [0.15, 0.2) is 18.2 Å². The number of nitrogens with zero attached hydrogens (tertiary/aromatic N) is 1. The topological polar surface area (TPSA) is 97.5 Å². The van der Waals surface area contributed by atoms with Gasteiger partial charge in [-0.05, 0) is 6.07 Å². The molecular weight excluding hydrogens is 270 g/mol. The van der Waals surface area contributed by atoms with Crippen LogP contribution in [-0.4, -0.2) is 32.7 Å². The normalized spacial score (nSPS) is 9.41. The summed E-state index contributed by atoms with van der Waals surface area (Å²) in [4.78, 5) is 20.0. The summed E-state index contributed by atoms with van der Waals surface area (Å²) in [7, 11) is -0.611. The summed E-state index contributed by atoms with van der Waals surface area (Å²) >= 11 is 5.48. The van der Waals surface area contributed by atoms with E-state index in [0.29, 0.717) is 0 Å². The van der Waals surface area contributed by atoms with E-state index in [1.54, 1.807) is 12.5 Å². The number of nitro benzene ring substituents is 1. The minimum atomic E-state index is -1.21. The van der Waals surface area contributed by atoms with E-state index in [0.717, 1.165) is 18.2 Å². The number of halogens is 1. The zero-order chi connectivity index (χ0) is 13.6. The van der Waals surface area contributed by atoms with Crippen LogP contribution >= 0.6 is 11.6 Å². The number of non-ortho nitro benzene ring substituents is 1. The monoisotopic (exact) mass is 279 g/mol. The zero-order valence-corrected chi connectivity index (χ0v) is 10.6. The van der Waals surface area contributed by atoms with Crippen molar-refractivity contribution in [3.05, 3.63) is 38.9 Å². The third-order valence-electron chi connectivity index (χ3n) is 1.39. The van der Waals surface area contributed by atoms with Gasteiger partial charge in [0, 0.05) is 35.4 Å². The van der Waals surface area contributed by atoms with Crippen LogP contribution in [0.1, 0.15) is 10.4 Å². The smallest absolute Gasteiger partial charge is 0.337 e. The molecule has 0 saturated heterocycles. The predicted octanol–water partition coefficient (Wildman–Crippen LogP) is 1.94. The maximum Gasteiger partial charge on any atom is 0.337 e. The fourth-order valence-electron chi connectivity index (χ4n) is 0.791. The second-order valence-electron chi connectivity index (χ2n) is 2.97. The Morgan fingerprint density at radius 1 is 1.47 bits per heavy atom. The lowest BCUT2D eigenvalue weighted by Gasteiger charge is -1.97. The van der Waals surface area contributed by atoms with E-state index in [-0.39, 0.29) is 16.3 Å². The van der Waals surface area contributed by atoms with E-state index in [1.165, 1.54) is 0 Å². The van der Waals surface area contributed by atoms with Crippen LogP contribution in [0.5, 0.6) is 0 Å². The minimum absolute atomic E-state index is 0.137. The van der Waals surface area contributed by atoms with E-state index < -0.39 is 21.7 Å². The Morgan fingerprint density at radius 3 is 2.24 bits per heavy atom. The van der Waals surface area contributed by atoms with Crippen LogP contribution in [0, 0.1) is 10.1 Å². The first-order valence-corrected chi connectivity index (χ1v) is 6.52. The van der Waals surface area contributed by atoms with E-state index >= 15 is 0 Å². The van der Waals surface area contributed by atoms with Gasteiger partial charge in [-0.3, -0.25) is 14.3 Å². The highest BCUT2D eigenvalue weighted by atomic mass is 35.5. The number of carboxylic acids is 1. The molecule has 0 atom stereocenters. The molecule has 6 nitrogen and oxygen atoms in total. The highest BCUT2D eigenvalue weighted by Crippen LogP contribution is 2.22. The predicted molar refractivity (Wildman–Crippen MR) is 65.1 cm³/mol. The van der Waals surface area contributed by atoms with E-state index in [4.69, 9.17) is 16.7 Å². The van der Waals surface area contributed by atoms with Gasteiger partial charge in [0.1, 0.15) is 0 Å². The van der Waals surface area contributed by atoms with Crippen LogP contribution in [0.4, 0.5) is 5.69 Å². The quantitative estimate of drug-likeness (QED) is 0.659. The molecule has 1 aromatic rings. The Morgan fingerprint density at radius 2 is 1.94 bits per heavy atom. The zero-order valence-electron chi connectivity index (χ0n) is 9.05. The van der Waals surface area contributed by atoms with Crippen LogP contribution in [0.2, 0.25) is 5.02 Å². The summed E-state index contributed by atoms with van der Waals surface area (Å²) in [6, 6.07) is 3.20. The molecule has 0 aliphatic carbocycles. The highest BCUT2D eigenvalue weighted by Gasteiger charge is 2.13. The molecule has 0 amide bonds. The summed E-state index contributed by atoms with van der Waals surface area (Å²) in [6.45, 7) is 0. The summed E-state index contributed by atoms with van der Waals surface area (Å²) in [5.41, 5.74) is -0.373. The lowest BCUT2D eigenvalue weighted by Crippen LogP contribution is -1.98. The first-order valence-electron chi connectivity index (χ1n) is 4.18. The molecule has 0 aromatic heterocycles. The standard InChI is InChI=1S/C7H4ClNO4.C2H6OS/c8-6-3-4(9(12)13)1-2-5(6)7(10)11;1-4(2)3/h1-3H,(H,10,11);1-2H3. The SMILES string of the molecule is CS(C)=O.O=C(O)c1ccc([N+](=O)[O-])cc1Cl. The second-order valence-corrected chi connectivity index (χ2v) is 4.86. The molecule has 1 N–H and O–H groups in total. The molecule has 0 spiro atoms. The molecule has 0 fully saturated rings. The fraction of sp³-hybridized carbons (Fsp3) is 0.222. The van der Waals surface area contributed by atoms with Gasteiger partial charge in [-0.15, -0.1) is 0 Å². The molecule has 1 rings (SSSR count). The first-order chi connectivity index (χ1) is 7.75. The Balaban J connectivity index is 0.000000557. The number of carboxylic acid groups (broad SMARTS) is 1. The Labute approximate surface area is 105 Å². The van der Waals surface area contributed by atoms with Crippen molar-refractivity contribution in [2.75, 3.05) is 12.5 Å². The highest BCUT2D eigenvalue weighted by molar-refractivity contribution is 7.83. The van der Waals surface area contributed by atoms with Gasteiger partial charge in [-0.1, -0.05) is 11.6 Å². The third-order valence-corrected chi connectivity index (χ3v) is 1.71. The Hall–Kier alpha value is -1.47. The molecule has 0 radical (unpaired) electrons. The Kier molecular flexibility index (Phi) is 6.37. The van der Waals surface area contributed by atoms with Crippen molar-refractivity contribution in [2.45, 2.75) is 0 Å². The van der Waals surface area contributed by atoms with Crippen molar-refractivity contribution >= 4 is 34.1 Å². The summed E-state index contributed by atoms with van der Waals surface area (Å²) < 4.78 is 9.56. The summed E-state index contributed by atoms with van der Waals surface area (Å²) in [5.74, 6) is -1.21. The average molecular weight is 280 g/mol. The maximum atomic E-state index is 10.4. The number of benzene rings is 1. The van der Waals surface area contributed by atoms with E-state index in [9.17, 15) is 19.1 Å². The van der Waals surface area contributed by atoms with Crippen LogP contribution in [0.3, 0.4) is 0 Å². The molecule has 0 aliphatic rings. The fourth-order valence-corrected chi connectivity index (χ4v) is 1.05. The lowest BCUT2D eigenvalue weighted by molar-refractivity contribution is -0.384. The van der Waals surface area contributed by atoms with Crippen molar-refractivity contribution in [1.29, 1.82) is 0 Å². The maximum absolute atomic E-state index is 10.4. The molecule has 17 heavy (non-hydrogen) atoms. The van der Waals surface area contributed by atoms with E-state index in [2.05, 4.69) is 0 Å². The Bertz CT molecular complexity index is 459. The van der Waals surface area contributed by atoms with E-state index in [1.807, 2.05) is 0 Å². The molecular formula is C9H10ClNO5S. The molecule has 0 aliphatic heterocycles. The van der Waals surface area contributed by atoms with Crippen molar-refractivity contribution in [1.82, 2.24) is 0 Å². The van der Waals surface area contributed by atoms with Crippen LogP contribution in [-0.2, 0) is 10.8 Å². The van der Waals surface area contributed by atoms with Crippen molar-refractivity contribution in [2.24, 2.45) is 0 Å². The minimum Gasteiger partial charge on any atom is -0.478 e. The molecule has 0 bridgehead atoms. The van der Waals surface area contributed by atoms with Gasteiger partial charge in [0.15, 0.2) is 0 Å². The van der Waals surface area contributed by atoms with Gasteiger partial charge in [-0.25, -0.2) is 4.79 Å². The number of hydrogen-bond donors (Lipinski definition) is 1. The van der Waals surface area contributed by atoms with Gasteiger partial charge in [0.2, 0.25) is 0 Å². The van der Waals surface area contributed by atoms with Crippen LogP contribution < -0.4 is 0 Å². The molecule has 8 heteroatoms. The number of hydrogen-bond acceptors (Lipinski definition) is 4.